The smallest absolute Gasteiger partial charge is 0.222 e. The summed E-state index contributed by atoms with van der Waals surface area (Å²) in [4.78, 5) is 13.6. The lowest BCUT2D eigenvalue weighted by Crippen LogP contribution is -2.33. The first-order chi connectivity index (χ1) is 6.29. The number of nitrogens with zero attached hydrogens (tertiary/aromatic N) is 1. The third-order valence-corrected chi connectivity index (χ3v) is 2.83. The van der Waals surface area contributed by atoms with Crippen molar-refractivity contribution in [3.8, 4) is 0 Å². The van der Waals surface area contributed by atoms with Crippen molar-refractivity contribution in [1.29, 1.82) is 0 Å². The Morgan fingerprint density at radius 3 is 2.77 bits per heavy atom. The van der Waals surface area contributed by atoms with Gasteiger partial charge < -0.3 is 4.90 Å². The third-order valence-electron chi connectivity index (χ3n) is 2.83. The maximum Gasteiger partial charge on any atom is 0.222 e. The Morgan fingerprint density at radius 2 is 2.15 bits per heavy atom. The predicted molar refractivity (Wildman–Crippen MR) is 54.6 cm³/mol. The molecule has 0 aromatic rings. The van der Waals surface area contributed by atoms with E-state index in [1.807, 2.05) is 0 Å². The highest BCUT2D eigenvalue weighted by Crippen LogP contribution is 2.22. The van der Waals surface area contributed by atoms with Crippen LogP contribution < -0.4 is 0 Å². The third kappa shape index (κ3) is 2.71. The molecule has 1 saturated heterocycles. The number of hydrogen-bond donors (Lipinski definition) is 0. The molecule has 13 heavy (non-hydrogen) atoms. The van der Waals surface area contributed by atoms with Gasteiger partial charge in [0.15, 0.2) is 0 Å². The highest BCUT2D eigenvalue weighted by molar-refractivity contribution is 5.78. The highest BCUT2D eigenvalue weighted by atomic mass is 16.2. The fourth-order valence-electron chi connectivity index (χ4n) is 2.06. The van der Waals surface area contributed by atoms with Crippen LogP contribution in [0.5, 0.6) is 0 Å². The van der Waals surface area contributed by atoms with Crippen molar-refractivity contribution in [3.63, 3.8) is 0 Å². The van der Waals surface area contributed by atoms with E-state index in [1.54, 1.807) is 0 Å². The minimum absolute atomic E-state index is 0.381. The van der Waals surface area contributed by atoms with E-state index >= 15 is 0 Å². The van der Waals surface area contributed by atoms with E-state index in [0.717, 1.165) is 25.8 Å². The SMILES string of the molecule is CCCCN1C(=O)CCC1CCC. The molecule has 1 heterocycles. The lowest BCUT2D eigenvalue weighted by Gasteiger charge is -2.24. The zero-order chi connectivity index (χ0) is 9.68. The van der Waals surface area contributed by atoms with Gasteiger partial charge in [0.1, 0.15) is 0 Å². The van der Waals surface area contributed by atoms with E-state index in [0.29, 0.717) is 11.9 Å². The molecule has 1 aliphatic heterocycles. The Hall–Kier alpha value is -0.530. The predicted octanol–water partition coefficient (Wildman–Crippen LogP) is 2.58. The first-order valence-corrected chi connectivity index (χ1v) is 5.59. The Morgan fingerprint density at radius 1 is 1.38 bits per heavy atom. The molecule has 0 spiro atoms. The van der Waals surface area contributed by atoms with Gasteiger partial charge >= 0.3 is 0 Å². The summed E-state index contributed by atoms with van der Waals surface area (Å²) >= 11 is 0. The quantitative estimate of drug-likeness (QED) is 0.641. The van der Waals surface area contributed by atoms with Crippen LogP contribution in [0.3, 0.4) is 0 Å². The minimum atomic E-state index is 0.381. The second kappa shape index (κ2) is 5.25. The average Bonchev–Trinajstić information content (AvgIpc) is 2.45. The summed E-state index contributed by atoms with van der Waals surface area (Å²) in [6, 6.07) is 0.559. The zero-order valence-electron chi connectivity index (χ0n) is 8.88. The maximum atomic E-state index is 11.5. The second-order valence-corrected chi connectivity index (χ2v) is 3.92. The van der Waals surface area contributed by atoms with Gasteiger partial charge in [0.25, 0.3) is 0 Å². The Bertz CT molecular complexity index is 167. The highest BCUT2D eigenvalue weighted by Gasteiger charge is 2.28. The van der Waals surface area contributed by atoms with Crippen molar-refractivity contribution in [2.75, 3.05) is 6.54 Å². The van der Waals surface area contributed by atoms with Crippen LogP contribution in [-0.2, 0) is 4.79 Å². The van der Waals surface area contributed by atoms with Crippen molar-refractivity contribution in [2.45, 2.75) is 58.4 Å². The molecule has 0 aromatic heterocycles. The second-order valence-electron chi connectivity index (χ2n) is 3.92. The fraction of sp³-hybridized carbons (Fsp3) is 0.909. The summed E-state index contributed by atoms with van der Waals surface area (Å²) in [5.41, 5.74) is 0. The van der Waals surface area contributed by atoms with Crippen LogP contribution in [0.4, 0.5) is 0 Å². The average molecular weight is 183 g/mol. The molecule has 0 saturated carbocycles. The van der Waals surface area contributed by atoms with Crippen molar-refractivity contribution >= 4 is 5.91 Å². The van der Waals surface area contributed by atoms with Crippen LogP contribution >= 0.6 is 0 Å². The number of rotatable bonds is 5. The molecule has 1 unspecified atom stereocenters. The summed E-state index contributed by atoms with van der Waals surface area (Å²) in [5.74, 6) is 0.381. The Kier molecular flexibility index (Phi) is 4.26. The van der Waals surface area contributed by atoms with Gasteiger partial charge in [-0.15, -0.1) is 0 Å². The number of carbonyl (C=O) groups is 1. The fourth-order valence-corrected chi connectivity index (χ4v) is 2.06. The van der Waals surface area contributed by atoms with Gasteiger partial charge in [-0.25, -0.2) is 0 Å². The van der Waals surface area contributed by atoms with E-state index < -0.39 is 0 Å². The Balaban J connectivity index is 2.40. The van der Waals surface area contributed by atoms with Gasteiger partial charge in [0.05, 0.1) is 0 Å². The number of amides is 1. The summed E-state index contributed by atoms with van der Waals surface area (Å²) < 4.78 is 0. The molecule has 1 amide bonds. The topological polar surface area (TPSA) is 20.3 Å². The molecule has 1 aliphatic rings. The largest absolute Gasteiger partial charge is 0.340 e. The molecular formula is C11H21NO. The summed E-state index contributed by atoms with van der Waals surface area (Å²) in [6.07, 6.45) is 6.61. The molecule has 1 rings (SSSR count). The first kappa shape index (κ1) is 10.6. The first-order valence-electron chi connectivity index (χ1n) is 5.59. The van der Waals surface area contributed by atoms with Gasteiger partial charge in [0, 0.05) is 19.0 Å². The van der Waals surface area contributed by atoms with Gasteiger partial charge in [-0.3, -0.25) is 4.79 Å². The molecule has 76 valence electrons. The van der Waals surface area contributed by atoms with E-state index in [4.69, 9.17) is 0 Å². The normalized spacial score (nSPS) is 22.8. The van der Waals surface area contributed by atoms with Crippen LogP contribution in [0.25, 0.3) is 0 Å². The molecular weight excluding hydrogens is 162 g/mol. The van der Waals surface area contributed by atoms with Crippen LogP contribution in [0, 0.1) is 0 Å². The molecule has 2 heteroatoms. The molecule has 0 bridgehead atoms. The minimum Gasteiger partial charge on any atom is -0.340 e. The molecule has 0 aromatic carbocycles. The van der Waals surface area contributed by atoms with E-state index in [1.165, 1.54) is 19.3 Å². The molecule has 2 nitrogen and oxygen atoms in total. The summed E-state index contributed by atoms with van der Waals surface area (Å²) in [6.45, 7) is 5.36. The molecule has 1 atom stereocenters. The van der Waals surface area contributed by atoms with Gasteiger partial charge in [0.2, 0.25) is 5.91 Å². The van der Waals surface area contributed by atoms with E-state index in [-0.39, 0.29) is 0 Å². The van der Waals surface area contributed by atoms with Crippen LogP contribution in [0.2, 0.25) is 0 Å². The van der Waals surface area contributed by atoms with Crippen LogP contribution in [0.15, 0.2) is 0 Å². The summed E-state index contributed by atoms with van der Waals surface area (Å²) in [5, 5.41) is 0. The number of likely N-dealkylation sites (tertiary alicyclic amines) is 1. The number of hydrogen-bond acceptors (Lipinski definition) is 1. The maximum absolute atomic E-state index is 11.5. The molecule has 0 N–H and O–H groups in total. The monoisotopic (exact) mass is 183 g/mol. The van der Waals surface area contributed by atoms with Gasteiger partial charge in [-0.2, -0.15) is 0 Å². The number of carbonyl (C=O) groups excluding carboxylic acids is 1. The van der Waals surface area contributed by atoms with Crippen molar-refractivity contribution in [2.24, 2.45) is 0 Å². The summed E-state index contributed by atoms with van der Waals surface area (Å²) in [7, 11) is 0. The lowest BCUT2D eigenvalue weighted by atomic mass is 10.1. The Labute approximate surface area is 81.3 Å². The molecule has 0 aliphatic carbocycles. The molecule has 0 radical (unpaired) electrons. The zero-order valence-corrected chi connectivity index (χ0v) is 8.88. The van der Waals surface area contributed by atoms with Crippen LogP contribution in [0.1, 0.15) is 52.4 Å². The van der Waals surface area contributed by atoms with E-state index in [9.17, 15) is 4.79 Å². The molecule has 1 fully saturated rings. The van der Waals surface area contributed by atoms with Gasteiger partial charge in [-0.05, 0) is 19.3 Å². The number of unbranched alkanes of at least 4 members (excludes halogenated alkanes) is 1. The van der Waals surface area contributed by atoms with Crippen molar-refractivity contribution in [3.05, 3.63) is 0 Å². The van der Waals surface area contributed by atoms with Gasteiger partial charge in [-0.1, -0.05) is 26.7 Å². The van der Waals surface area contributed by atoms with Crippen LogP contribution in [-0.4, -0.2) is 23.4 Å². The standard InChI is InChI=1S/C11H21NO/c1-3-5-9-12-10(6-4-2)7-8-11(12)13/h10H,3-9H2,1-2H3. The van der Waals surface area contributed by atoms with Crippen molar-refractivity contribution in [1.82, 2.24) is 4.90 Å². The van der Waals surface area contributed by atoms with Crippen molar-refractivity contribution < 1.29 is 4.79 Å². The van der Waals surface area contributed by atoms with E-state index in [2.05, 4.69) is 18.7 Å². The lowest BCUT2D eigenvalue weighted by molar-refractivity contribution is -0.129.